The Hall–Kier alpha value is -2.80. The Morgan fingerprint density at radius 3 is 2.41 bits per heavy atom. The van der Waals surface area contributed by atoms with E-state index in [9.17, 15) is 4.79 Å². The lowest BCUT2D eigenvalue weighted by Gasteiger charge is -2.15. The number of anilines is 1. The summed E-state index contributed by atoms with van der Waals surface area (Å²) in [5, 5.41) is 3.34. The van der Waals surface area contributed by atoms with Crippen LogP contribution in [0.3, 0.4) is 0 Å². The second kappa shape index (κ2) is 11.3. The first-order chi connectivity index (χ1) is 13.9. The number of nitrogens with one attached hydrogen (secondary N) is 3. The predicted octanol–water partition coefficient (Wildman–Crippen LogP) is 4.46. The van der Waals surface area contributed by atoms with Crippen molar-refractivity contribution in [3.8, 4) is 11.5 Å². The average molecular weight is 416 g/mol. The average Bonchev–Trinajstić information content (AvgIpc) is 2.71. The second-order valence-corrected chi connectivity index (χ2v) is 7.27. The molecule has 0 aliphatic heterocycles. The first-order valence-corrected chi connectivity index (χ1v) is 10.1. The zero-order valence-electron chi connectivity index (χ0n) is 17.4. The highest BCUT2D eigenvalue weighted by Gasteiger charge is 2.12. The molecule has 2 rings (SSSR count). The minimum Gasteiger partial charge on any atom is -0.493 e. The number of carbonyl (C=O) groups is 1. The molecule has 1 amide bonds. The molecule has 0 heterocycles. The topological polar surface area (TPSA) is 71.6 Å². The van der Waals surface area contributed by atoms with E-state index < -0.39 is 0 Å². The van der Waals surface area contributed by atoms with Crippen molar-refractivity contribution >= 4 is 28.9 Å². The maximum atomic E-state index is 12.4. The molecule has 0 aromatic heterocycles. The number of hydrogen-bond acceptors (Lipinski definition) is 4. The van der Waals surface area contributed by atoms with Gasteiger partial charge in [-0.05, 0) is 74.8 Å². The van der Waals surface area contributed by atoms with E-state index in [0.717, 1.165) is 12.1 Å². The Bertz CT molecular complexity index is 823. The minimum atomic E-state index is -0.335. The van der Waals surface area contributed by atoms with Crippen LogP contribution in [0.25, 0.3) is 0 Å². The number of rotatable bonds is 8. The summed E-state index contributed by atoms with van der Waals surface area (Å²) in [6, 6.07) is 13.1. The fraction of sp³-hybridized carbons (Fsp3) is 0.364. The van der Waals surface area contributed by atoms with Crippen LogP contribution in [0.5, 0.6) is 11.5 Å². The quantitative estimate of drug-likeness (QED) is 0.437. The molecule has 2 aromatic rings. The van der Waals surface area contributed by atoms with Gasteiger partial charge in [-0.1, -0.05) is 25.5 Å². The van der Waals surface area contributed by atoms with Crippen LogP contribution in [0.4, 0.5) is 5.69 Å². The largest absolute Gasteiger partial charge is 0.493 e. The van der Waals surface area contributed by atoms with Crippen LogP contribution in [0.2, 0.25) is 0 Å². The molecule has 0 bridgehead atoms. The molecule has 0 saturated carbocycles. The van der Waals surface area contributed by atoms with Crippen LogP contribution in [-0.4, -0.2) is 24.2 Å². The van der Waals surface area contributed by atoms with Crippen LogP contribution in [-0.2, 0) is 6.42 Å². The van der Waals surface area contributed by atoms with Gasteiger partial charge < -0.3 is 14.8 Å². The lowest BCUT2D eigenvalue weighted by Crippen LogP contribution is -2.43. The van der Waals surface area contributed by atoms with Crippen molar-refractivity contribution in [3.63, 3.8) is 0 Å². The van der Waals surface area contributed by atoms with E-state index in [4.69, 9.17) is 21.7 Å². The third-order valence-electron chi connectivity index (χ3n) is 4.11. The maximum absolute atomic E-state index is 12.4. The molecule has 0 spiro atoms. The van der Waals surface area contributed by atoms with Gasteiger partial charge in [0.1, 0.15) is 0 Å². The van der Waals surface area contributed by atoms with E-state index in [0.29, 0.717) is 22.2 Å². The number of benzene rings is 2. The molecule has 2 aromatic carbocycles. The monoisotopic (exact) mass is 415 g/mol. The number of hydrogen-bond donors (Lipinski definition) is 3. The fourth-order valence-corrected chi connectivity index (χ4v) is 2.81. The molecule has 0 aliphatic carbocycles. The molecule has 0 unspecified atom stereocenters. The highest BCUT2D eigenvalue weighted by atomic mass is 32.1. The predicted molar refractivity (Wildman–Crippen MR) is 121 cm³/mol. The number of thiocarbonyl (C=S) groups is 1. The van der Waals surface area contributed by atoms with Crippen molar-refractivity contribution in [2.24, 2.45) is 0 Å². The Morgan fingerprint density at radius 2 is 1.79 bits per heavy atom. The summed E-state index contributed by atoms with van der Waals surface area (Å²) >= 11 is 5.24. The summed E-state index contributed by atoms with van der Waals surface area (Å²) in [6.07, 6.45) is 3.43. The Kier molecular flexibility index (Phi) is 8.73. The van der Waals surface area contributed by atoms with Crippen LogP contribution in [0.15, 0.2) is 42.5 Å². The van der Waals surface area contributed by atoms with Gasteiger partial charge in [0.15, 0.2) is 16.6 Å². The highest BCUT2D eigenvalue weighted by molar-refractivity contribution is 7.80. The van der Waals surface area contributed by atoms with E-state index in [-0.39, 0.29) is 12.0 Å². The summed E-state index contributed by atoms with van der Waals surface area (Å²) in [5.41, 5.74) is 7.87. The van der Waals surface area contributed by atoms with Gasteiger partial charge >= 0.3 is 0 Å². The van der Waals surface area contributed by atoms with Gasteiger partial charge in [0.2, 0.25) is 0 Å². The molecule has 0 atom stereocenters. The number of amides is 1. The number of ether oxygens (including phenoxy) is 2. The van der Waals surface area contributed by atoms with E-state index >= 15 is 0 Å². The van der Waals surface area contributed by atoms with Gasteiger partial charge in [-0.15, -0.1) is 0 Å². The van der Waals surface area contributed by atoms with Crippen LogP contribution < -0.4 is 25.6 Å². The zero-order chi connectivity index (χ0) is 21.2. The van der Waals surface area contributed by atoms with Crippen molar-refractivity contribution in [2.45, 2.75) is 46.1 Å². The third-order valence-corrected chi connectivity index (χ3v) is 4.31. The maximum Gasteiger partial charge on any atom is 0.269 e. The molecule has 6 nitrogen and oxygen atoms in total. The molecular formula is C22H29N3O3S. The van der Waals surface area contributed by atoms with Crippen molar-refractivity contribution < 1.29 is 14.3 Å². The molecule has 7 heteroatoms. The number of carbonyl (C=O) groups excluding carboxylic acids is 1. The molecule has 0 aliphatic rings. The first kappa shape index (κ1) is 22.5. The SMILES string of the molecule is CCCCc1ccc(NC(=S)NNC(=O)c2ccc(OC(C)C)c(OC)c2)cc1. The van der Waals surface area contributed by atoms with Crippen molar-refractivity contribution in [2.75, 3.05) is 12.4 Å². The molecule has 0 radical (unpaired) electrons. The molecule has 0 fully saturated rings. The van der Waals surface area contributed by atoms with Gasteiger partial charge in [0.25, 0.3) is 5.91 Å². The van der Waals surface area contributed by atoms with Gasteiger partial charge in [-0.2, -0.15) is 0 Å². The van der Waals surface area contributed by atoms with Gasteiger partial charge in [-0.25, -0.2) is 0 Å². The number of methoxy groups -OCH3 is 1. The normalized spacial score (nSPS) is 10.4. The second-order valence-electron chi connectivity index (χ2n) is 6.87. The summed E-state index contributed by atoms with van der Waals surface area (Å²) in [5.74, 6) is 0.750. The lowest BCUT2D eigenvalue weighted by atomic mass is 10.1. The van der Waals surface area contributed by atoms with Crippen LogP contribution in [0.1, 0.15) is 49.5 Å². The summed E-state index contributed by atoms with van der Waals surface area (Å²) in [6.45, 7) is 6.03. The van der Waals surface area contributed by atoms with Crippen molar-refractivity contribution in [1.29, 1.82) is 0 Å². The Balaban J connectivity index is 1.88. The van der Waals surface area contributed by atoms with Gasteiger partial charge in [-0.3, -0.25) is 15.6 Å². The van der Waals surface area contributed by atoms with Gasteiger partial charge in [0, 0.05) is 11.3 Å². The zero-order valence-corrected chi connectivity index (χ0v) is 18.2. The van der Waals surface area contributed by atoms with Crippen LogP contribution >= 0.6 is 12.2 Å². The van der Waals surface area contributed by atoms with E-state index in [2.05, 4.69) is 35.2 Å². The van der Waals surface area contributed by atoms with E-state index in [1.54, 1.807) is 18.2 Å². The van der Waals surface area contributed by atoms with Crippen LogP contribution in [0, 0.1) is 0 Å². The summed E-state index contributed by atoms with van der Waals surface area (Å²) in [7, 11) is 1.54. The molecule has 156 valence electrons. The molecule has 0 saturated heterocycles. The first-order valence-electron chi connectivity index (χ1n) is 9.74. The summed E-state index contributed by atoms with van der Waals surface area (Å²) < 4.78 is 11.0. The highest BCUT2D eigenvalue weighted by Crippen LogP contribution is 2.28. The molecule has 3 N–H and O–H groups in total. The summed E-state index contributed by atoms with van der Waals surface area (Å²) in [4.78, 5) is 12.4. The fourth-order valence-electron chi connectivity index (χ4n) is 2.64. The molecule has 29 heavy (non-hydrogen) atoms. The van der Waals surface area contributed by atoms with E-state index in [1.165, 1.54) is 25.5 Å². The number of hydrazine groups is 1. The third kappa shape index (κ3) is 7.27. The van der Waals surface area contributed by atoms with Crippen molar-refractivity contribution in [3.05, 3.63) is 53.6 Å². The smallest absolute Gasteiger partial charge is 0.269 e. The standard InChI is InChI=1S/C22H29N3O3S/c1-5-6-7-16-8-11-18(12-9-16)23-22(29)25-24-21(26)17-10-13-19(28-15(2)3)20(14-17)27-4/h8-15H,5-7H2,1-4H3,(H,24,26)(H2,23,25,29). The van der Waals surface area contributed by atoms with Gasteiger partial charge in [0.05, 0.1) is 13.2 Å². The molecular weight excluding hydrogens is 386 g/mol. The Labute approximate surface area is 178 Å². The van der Waals surface area contributed by atoms with Crippen molar-refractivity contribution in [1.82, 2.24) is 10.9 Å². The lowest BCUT2D eigenvalue weighted by molar-refractivity contribution is 0.0943. The van der Waals surface area contributed by atoms with E-state index in [1.807, 2.05) is 26.0 Å². The number of unbranched alkanes of at least 4 members (excludes halogenated alkanes) is 1. The minimum absolute atomic E-state index is 0.00871. The Morgan fingerprint density at radius 1 is 1.07 bits per heavy atom. The number of aryl methyl sites for hydroxylation is 1.